The van der Waals surface area contributed by atoms with E-state index in [2.05, 4.69) is 19.6 Å². The predicted molar refractivity (Wildman–Crippen MR) is 102 cm³/mol. The highest BCUT2D eigenvalue weighted by Gasteiger charge is 2.22. The molecule has 26 heavy (non-hydrogen) atoms. The Bertz CT molecular complexity index is 716. The molecule has 3 rings (SSSR count). The highest BCUT2D eigenvalue weighted by molar-refractivity contribution is 7.09. The van der Waals surface area contributed by atoms with Gasteiger partial charge in [-0.25, -0.2) is 9.37 Å². The third kappa shape index (κ3) is 5.38. The number of nitrogens with zero attached hydrogens (tertiary/aromatic N) is 3. The second-order valence-electron chi connectivity index (χ2n) is 6.47. The summed E-state index contributed by atoms with van der Waals surface area (Å²) in [6, 6.07) is 6.44. The van der Waals surface area contributed by atoms with Crippen LogP contribution in [0, 0.1) is 11.7 Å². The standard InChI is InChI=1S/C18H22ClFN4OS/c19-8-5-17(25)21-12-14-6-9-24(10-7-14)18-22-16(23-26-18)11-13-1-3-15(20)4-2-13/h1-4,14H,5-12H2,(H,21,25). The van der Waals surface area contributed by atoms with Crippen LogP contribution in [-0.4, -0.2) is 40.8 Å². The lowest BCUT2D eigenvalue weighted by Gasteiger charge is -2.31. The van der Waals surface area contributed by atoms with Crippen molar-refractivity contribution in [1.82, 2.24) is 14.7 Å². The van der Waals surface area contributed by atoms with E-state index in [9.17, 15) is 9.18 Å². The van der Waals surface area contributed by atoms with Gasteiger partial charge in [0.15, 0.2) is 0 Å². The van der Waals surface area contributed by atoms with Crippen molar-refractivity contribution >= 4 is 34.2 Å². The van der Waals surface area contributed by atoms with Crippen LogP contribution in [0.15, 0.2) is 24.3 Å². The van der Waals surface area contributed by atoms with E-state index >= 15 is 0 Å². The number of hydrogen-bond acceptors (Lipinski definition) is 5. The van der Waals surface area contributed by atoms with Crippen molar-refractivity contribution < 1.29 is 9.18 Å². The fraction of sp³-hybridized carbons (Fsp3) is 0.500. The molecule has 140 valence electrons. The van der Waals surface area contributed by atoms with E-state index in [4.69, 9.17) is 11.6 Å². The van der Waals surface area contributed by atoms with E-state index in [-0.39, 0.29) is 11.7 Å². The zero-order chi connectivity index (χ0) is 18.4. The van der Waals surface area contributed by atoms with Crippen molar-refractivity contribution in [2.45, 2.75) is 25.7 Å². The molecule has 0 saturated carbocycles. The Kier molecular flexibility index (Phi) is 6.80. The minimum Gasteiger partial charge on any atom is -0.356 e. The molecule has 1 saturated heterocycles. The van der Waals surface area contributed by atoms with Crippen molar-refractivity contribution in [3.63, 3.8) is 0 Å². The van der Waals surface area contributed by atoms with Gasteiger partial charge in [-0.2, -0.15) is 4.37 Å². The van der Waals surface area contributed by atoms with Gasteiger partial charge in [0.25, 0.3) is 0 Å². The van der Waals surface area contributed by atoms with Crippen LogP contribution in [0.1, 0.15) is 30.7 Å². The number of anilines is 1. The van der Waals surface area contributed by atoms with E-state index in [0.717, 1.165) is 49.0 Å². The van der Waals surface area contributed by atoms with Gasteiger partial charge in [0, 0.05) is 49.9 Å². The number of halogens is 2. The third-order valence-electron chi connectivity index (χ3n) is 4.53. The SMILES string of the molecule is O=C(CCCl)NCC1CCN(c2nc(Cc3ccc(F)cc3)ns2)CC1. The molecule has 2 aromatic rings. The van der Waals surface area contributed by atoms with Crippen LogP contribution in [0.3, 0.4) is 0 Å². The summed E-state index contributed by atoms with van der Waals surface area (Å²) in [5, 5.41) is 3.89. The highest BCUT2D eigenvalue weighted by Crippen LogP contribution is 2.25. The van der Waals surface area contributed by atoms with Crippen molar-refractivity contribution in [2.24, 2.45) is 5.92 Å². The van der Waals surface area contributed by atoms with Gasteiger partial charge in [-0.3, -0.25) is 4.79 Å². The number of carbonyl (C=O) groups excluding carboxylic acids is 1. The number of amides is 1. The van der Waals surface area contributed by atoms with Gasteiger partial charge in [-0.1, -0.05) is 12.1 Å². The first-order valence-electron chi connectivity index (χ1n) is 8.78. The summed E-state index contributed by atoms with van der Waals surface area (Å²) in [6.45, 7) is 2.55. The van der Waals surface area contributed by atoms with Crippen molar-refractivity contribution in [3.8, 4) is 0 Å². The smallest absolute Gasteiger partial charge is 0.221 e. The first-order valence-corrected chi connectivity index (χ1v) is 10.1. The lowest BCUT2D eigenvalue weighted by atomic mass is 9.97. The maximum Gasteiger partial charge on any atom is 0.221 e. The molecule has 0 radical (unpaired) electrons. The zero-order valence-electron chi connectivity index (χ0n) is 14.5. The van der Waals surface area contributed by atoms with E-state index in [0.29, 0.717) is 24.6 Å². The largest absolute Gasteiger partial charge is 0.356 e. The van der Waals surface area contributed by atoms with Gasteiger partial charge < -0.3 is 10.2 Å². The summed E-state index contributed by atoms with van der Waals surface area (Å²) < 4.78 is 17.4. The van der Waals surface area contributed by atoms with Crippen LogP contribution >= 0.6 is 23.1 Å². The van der Waals surface area contributed by atoms with Crippen LogP contribution in [0.5, 0.6) is 0 Å². The number of carbonyl (C=O) groups is 1. The summed E-state index contributed by atoms with van der Waals surface area (Å²) in [5.41, 5.74) is 1.00. The minimum atomic E-state index is -0.234. The molecule has 1 aliphatic rings. The number of aromatic nitrogens is 2. The van der Waals surface area contributed by atoms with Gasteiger partial charge in [-0.15, -0.1) is 11.6 Å². The molecule has 5 nitrogen and oxygen atoms in total. The molecule has 0 aliphatic carbocycles. The minimum absolute atomic E-state index is 0.0250. The van der Waals surface area contributed by atoms with Crippen molar-refractivity contribution in [3.05, 3.63) is 41.5 Å². The number of piperidine rings is 1. The molecule has 1 aliphatic heterocycles. The van der Waals surface area contributed by atoms with Gasteiger partial charge in [-0.05, 0) is 36.5 Å². The second-order valence-corrected chi connectivity index (χ2v) is 7.58. The molecule has 1 aromatic carbocycles. The first-order chi connectivity index (χ1) is 12.6. The molecule has 1 N–H and O–H groups in total. The molecule has 0 atom stereocenters. The Balaban J connectivity index is 1.47. The molecule has 1 fully saturated rings. The van der Waals surface area contributed by atoms with Crippen molar-refractivity contribution in [2.75, 3.05) is 30.4 Å². The van der Waals surface area contributed by atoms with Crippen LogP contribution in [0.4, 0.5) is 9.52 Å². The average molecular weight is 397 g/mol. The average Bonchev–Trinajstić information content (AvgIpc) is 3.11. The van der Waals surface area contributed by atoms with Crippen molar-refractivity contribution in [1.29, 1.82) is 0 Å². The third-order valence-corrected chi connectivity index (χ3v) is 5.53. The van der Waals surface area contributed by atoms with E-state index in [1.54, 1.807) is 12.1 Å². The second kappa shape index (κ2) is 9.28. The molecule has 8 heteroatoms. The quantitative estimate of drug-likeness (QED) is 0.730. The Hall–Kier alpha value is -1.73. The lowest BCUT2D eigenvalue weighted by molar-refractivity contribution is -0.120. The number of alkyl halides is 1. The number of nitrogens with one attached hydrogen (secondary N) is 1. The van der Waals surface area contributed by atoms with E-state index < -0.39 is 0 Å². The first kappa shape index (κ1) is 19.0. The zero-order valence-corrected chi connectivity index (χ0v) is 16.0. The summed E-state index contributed by atoms with van der Waals surface area (Å²) in [4.78, 5) is 18.4. The summed E-state index contributed by atoms with van der Waals surface area (Å²) in [7, 11) is 0. The van der Waals surface area contributed by atoms with Crippen LogP contribution in [0.2, 0.25) is 0 Å². The van der Waals surface area contributed by atoms with E-state index in [1.807, 2.05) is 0 Å². The molecule has 0 spiro atoms. The molecular formula is C18H22ClFN4OS. The Morgan fingerprint density at radius 2 is 2.04 bits per heavy atom. The summed E-state index contributed by atoms with van der Waals surface area (Å²) in [5.74, 6) is 1.42. The lowest BCUT2D eigenvalue weighted by Crippen LogP contribution is -2.38. The maximum atomic E-state index is 13.0. The molecule has 0 bridgehead atoms. The summed E-state index contributed by atoms with van der Waals surface area (Å²) >= 11 is 6.98. The highest BCUT2D eigenvalue weighted by atomic mass is 35.5. The fourth-order valence-corrected chi connectivity index (χ4v) is 3.90. The van der Waals surface area contributed by atoms with Crippen LogP contribution < -0.4 is 10.2 Å². The van der Waals surface area contributed by atoms with Gasteiger partial charge >= 0.3 is 0 Å². The van der Waals surface area contributed by atoms with Gasteiger partial charge in [0.05, 0.1) is 0 Å². The number of rotatable bonds is 7. The van der Waals surface area contributed by atoms with E-state index in [1.165, 1.54) is 23.7 Å². The Morgan fingerprint density at radius 1 is 1.31 bits per heavy atom. The summed E-state index contributed by atoms with van der Waals surface area (Å²) in [6.07, 6.45) is 3.03. The Morgan fingerprint density at radius 3 is 2.73 bits per heavy atom. The van der Waals surface area contributed by atoms with Crippen LogP contribution in [-0.2, 0) is 11.2 Å². The molecular weight excluding hydrogens is 375 g/mol. The van der Waals surface area contributed by atoms with Gasteiger partial charge in [0.1, 0.15) is 11.6 Å². The monoisotopic (exact) mass is 396 g/mol. The Labute approximate surface area is 161 Å². The molecule has 2 heterocycles. The fourth-order valence-electron chi connectivity index (χ4n) is 2.99. The van der Waals surface area contributed by atoms with Crippen LogP contribution in [0.25, 0.3) is 0 Å². The maximum absolute atomic E-state index is 13.0. The topological polar surface area (TPSA) is 58.1 Å². The van der Waals surface area contributed by atoms with Gasteiger partial charge in [0.2, 0.25) is 11.0 Å². The molecule has 0 unspecified atom stereocenters. The molecule has 1 amide bonds. The predicted octanol–water partition coefficient (Wildman–Crippen LogP) is 3.23. The molecule has 1 aromatic heterocycles. The number of benzene rings is 1. The number of hydrogen-bond donors (Lipinski definition) is 1. The normalized spacial score (nSPS) is 15.2.